The van der Waals surface area contributed by atoms with Crippen LogP contribution >= 0.6 is 0 Å². The Hall–Kier alpha value is -2.69. The van der Waals surface area contributed by atoms with E-state index in [2.05, 4.69) is 52.0 Å². The summed E-state index contributed by atoms with van der Waals surface area (Å²) in [5.41, 5.74) is 2.99. The standard InChI is InChI=1S/C23H31N3O2/c1-24-22(25-14-11-18-9-10-20(27-2)21(15-18)28-3)26-17-23(12-13-23)16-19-7-5-4-6-8-19/h4-10,15H,11-14,16-17H2,1-3H3,(H2,24,25,26). The second-order valence-electron chi connectivity index (χ2n) is 7.45. The third-order valence-corrected chi connectivity index (χ3v) is 5.39. The van der Waals surface area contributed by atoms with E-state index in [1.807, 2.05) is 19.2 Å². The van der Waals surface area contributed by atoms with E-state index in [1.54, 1.807) is 14.2 Å². The van der Waals surface area contributed by atoms with Crippen molar-refractivity contribution in [3.8, 4) is 11.5 Å². The molecule has 0 aromatic heterocycles. The molecule has 1 fully saturated rings. The fraction of sp³-hybridized carbons (Fsp3) is 0.435. The van der Waals surface area contributed by atoms with Crippen molar-refractivity contribution in [2.45, 2.75) is 25.7 Å². The van der Waals surface area contributed by atoms with Crippen LogP contribution in [0.5, 0.6) is 11.5 Å². The van der Waals surface area contributed by atoms with Gasteiger partial charge in [-0.2, -0.15) is 0 Å². The van der Waals surface area contributed by atoms with Gasteiger partial charge in [0.15, 0.2) is 17.5 Å². The molecule has 0 radical (unpaired) electrons. The number of benzene rings is 2. The van der Waals surface area contributed by atoms with E-state index >= 15 is 0 Å². The molecule has 0 amide bonds. The van der Waals surface area contributed by atoms with Gasteiger partial charge in [0.25, 0.3) is 0 Å². The Morgan fingerprint density at radius 1 is 0.964 bits per heavy atom. The van der Waals surface area contributed by atoms with Crippen LogP contribution in [-0.4, -0.2) is 40.3 Å². The number of nitrogens with zero attached hydrogens (tertiary/aromatic N) is 1. The van der Waals surface area contributed by atoms with Crippen molar-refractivity contribution in [3.05, 3.63) is 59.7 Å². The molecular weight excluding hydrogens is 350 g/mol. The molecule has 0 spiro atoms. The van der Waals surface area contributed by atoms with Crippen molar-refractivity contribution in [1.82, 2.24) is 10.6 Å². The van der Waals surface area contributed by atoms with Gasteiger partial charge in [-0.1, -0.05) is 36.4 Å². The first-order valence-corrected chi connectivity index (χ1v) is 9.87. The Bertz CT molecular complexity index is 786. The van der Waals surface area contributed by atoms with E-state index in [9.17, 15) is 0 Å². The number of hydrogen-bond donors (Lipinski definition) is 2. The molecule has 3 rings (SSSR count). The number of hydrogen-bond acceptors (Lipinski definition) is 3. The molecule has 0 bridgehead atoms. The highest BCUT2D eigenvalue weighted by Crippen LogP contribution is 2.47. The third kappa shape index (κ3) is 5.41. The summed E-state index contributed by atoms with van der Waals surface area (Å²) in [6.07, 6.45) is 4.56. The Balaban J connectivity index is 1.45. The van der Waals surface area contributed by atoms with Crippen molar-refractivity contribution in [3.63, 3.8) is 0 Å². The van der Waals surface area contributed by atoms with Crippen molar-refractivity contribution in [2.24, 2.45) is 10.4 Å². The predicted octanol–water partition coefficient (Wildman–Crippen LogP) is 3.43. The molecular formula is C23H31N3O2. The first kappa shape index (κ1) is 20.1. The van der Waals surface area contributed by atoms with E-state index in [4.69, 9.17) is 9.47 Å². The number of nitrogens with one attached hydrogen (secondary N) is 2. The van der Waals surface area contributed by atoms with Crippen LogP contribution in [0.15, 0.2) is 53.5 Å². The van der Waals surface area contributed by atoms with Gasteiger partial charge in [0.05, 0.1) is 14.2 Å². The predicted molar refractivity (Wildman–Crippen MR) is 114 cm³/mol. The maximum Gasteiger partial charge on any atom is 0.191 e. The lowest BCUT2D eigenvalue weighted by atomic mass is 9.96. The molecule has 2 aromatic carbocycles. The average molecular weight is 382 g/mol. The maximum absolute atomic E-state index is 5.38. The molecule has 2 N–H and O–H groups in total. The minimum absolute atomic E-state index is 0.377. The molecule has 1 aliphatic carbocycles. The maximum atomic E-state index is 5.38. The zero-order chi connectivity index (χ0) is 19.8. The zero-order valence-electron chi connectivity index (χ0n) is 17.1. The Labute approximate surface area is 168 Å². The van der Waals surface area contributed by atoms with Crippen molar-refractivity contribution in [1.29, 1.82) is 0 Å². The van der Waals surface area contributed by atoms with Crippen LogP contribution in [-0.2, 0) is 12.8 Å². The van der Waals surface area contributed by atoms with Crippen LogP contribution in [0, 0.1) is 5.41 Å². The van der Waals surface area contributed by atoms with E-state index < -0.39 is 0 Å². The van der Waals surface area contributed by atoms with E-state index in [0.717, 1.165) is 43.4 Å². The highest BCUT2D eigenvalue weighted by Gasteiger charge is 2.42. The highest BCUT2D eigenvalue weighted by atomic mass is 16.5. The average Bonchev–Trinajstić information content (AvgIpc) is 3.50. The first-order chi connectivity index (χ1) is 13.7. The molecule has 0 atom stereocenters. The summed E-state index contributed by atoms with van der Waals surface area (Å²) in [4.78, 5) is 4.37. The number of methoxy groups -OCH3 is 2. The minimum Gasteiger partial charge on any atom is -0.493 e. The Morgan fingerprint density at radius 3 is 2.36 bits per heavy atom. The normalized spacial score (nSPS) is 15.0. The fourth-order valence-electron chi connectivity index (χ4n) is 3.47. The Kier molecular flexibility index (Phi) is 6.80. The van der Waals surface area contributed by atoms with Crippen LogP contribution in [0.3, 0.4) is 0 Å². The van der Waals surface area contributed by atoms with E-state index in [1.165, 1.54) is 24.0 Å². The molecule has 150 valence electrons. The summed E-state index contributed by atoms with van der Waals surface area (Å²) in [6.45, 7) is 1.76. The second-order valence-corrected chi connectivity index (χ2v) is 7.45. The molecule has 5 nitrogen and oxygen atoms in total. The van der Waals surface area contributed by atoms with Crippen molar-refractivity contribution >= 4 is 5.96 Å². The van der Waals surface area contributed by atoms with Gasteiger partial charge in [0, 0.05) is 20.1 Å². The smallest absolute Gasteiger partial charge is 0.191 e. The monoisotopic (exact) mass is 381 g/mol. The van der Waals surface area contributed by atoms with Gasteiger partial charge in [0.1, 0.15) is 0 Å². The lowest BCUT2D eigenvalue weighted by molar-refractivity contribution is 0.354. The third-order valence-electron chi connectivity index (χ3n) is 5.39. The molecule has 0 saturated heterocycles. The van der Waals surface area contributed by atoms with Gasteiger partial charge < -0.3 is 20.1 Å². The summed E-state index contributed by atoms with van der Waals surface area (Å²) >= 11 is 0. The number of aliphatic imine (C=N–C) groups is 1. The van der Waals surface area contributed by atoms with Crippen LogP contribution in [0.1, 0.15) is 24.0 Å². The van der Waals surface area contributed by atoms with E-state index in [-0.39, 0.29) is 0 Å². The molecule has 0 heterocycles. The number of rotatable bonds is 9. The fourth-order valence-corrected chi connectivity index (χ4v) is 3.47. The summed E-state index contributed by atoms with van der Waals surface area (Å²) in [7, 11) is 5.14. The lowest BCUT2D eigenvalue weighted by Gasteiger charge is -2.19. The van der Waals surface area contributed by atoms with Crippen LogP contribution < -0.4 is 20.1 Å². The molecule has 0 unspecified atom stereocenters. The van der Waals surface area contributed by atoms with Gasteiger partial charge in [-0.05, 0) is 54.4 Å². The molecule has 1 saturated carbocycles. The molecule has 1 aliphatic rings. The van der Waals surface area contributed by atoms with Gasteiger partial charge in [0.2, 0.25) is 0 Å². The summed E-state index contributed by atoms with van der Waals surface area (Å²) in [5, 5.41) is 6.93. The first-order valence-electron chi connectivity index (χ1n) is 9.87. The van der Waals surface area contributed by atoms with Gasteiger partial charge >= 0.3 is 0 Å². The number of guanidine groups is 1. The van der Waals surface area contributed by atoms with Crippen LogP contribution in [0.25, 0.3) is 0 Å². The molecule has 28 heavy (non-hydrogen) atoms. The summed E-state index contributed by atoms with van der Waals surface area (Å²) in [5.74, 6) is 2.38. The van der Waals surface area contributed by atoms with E-state index in [0.29, 0.717) is 5.41 Å². The largest absolute Gasteiger partial charge is 0.493 e. The number of ether oxygens (including phenoxy) is 2. The van der Waals surface area contributed by atoms with Crippen molar-refractivity contribution < 1.29 is 9.47 Å². The van der Waals surface area contributed by atoms with Crippen LogP contribution in [0.4, 0.5) is 0 Å². The zero-order valence-corrected chi connectivity index (χ0v) is 17.1. The lowest BCUT2D eigenvalue weighted by Crippen LogP contribution is -2.41. The molecule has 5 heteroatoms. The van der Waals surface area contributed by atoms with Crippen LogP contribution in [0.2, 0.25) is 0 Å². The Morgan fingerprint density at radius 2 is 1.71 bits per heavy atom. The second kappa shape index (κ2) is 9.49. The molecule has 0 aliphatic heterocycles. The van der Waals surface area contributed by atoms with Gasteiger partial charge in [-0.25, -0.2) is 0 Å². The SMILES string of the molecule is CN=C(NCCc1ccc(OC)c(OC)c1)NCC1(Cc2ccccc2)CC1. The van der Waals surface area contributed by atoms with Crippen molar-refractivity contribution in [2.75, 3.05) is 34.4 Å². The van der Waals surface area contributed by atoms with Gasteiger partial charge in [-0.15, -0.1) is 0 Å². The minimum atomic E-state index is 0.377. The van der Waals surface area contributed by atoms with Gasteiger partial charge in [-0.3, -0.25) is 4.99 Å². The topological polar surface area (TPSA) is 54.9 Å². The summed E-state index contributed by atoms with van der Waals surface area (Å²) in [6, 6.07) is 16.8. The highest BCUT2D eigenvalue weighted by molar-refractivity contribution is 5.79. The molecule has 2 aromatic rings. The summed E-state index contributed by atoms with van der Waals surface area (Å²) < 4.78 is 10.7. The quantitative estimate of drug-likeness (QED) is 0.516.